The van der Waals surface area contributed by atoms with Gasteiger partial charge in [-0.05, 0) is 24.7 Å². The quantitative estimate of drug-likeness (QED) is 0.457. The zero-order valence-corrected chi connectivity index (χ0v) is 7.02. The lowest BCUT2D eigenvalue weighted by atomic mass is 9.77. The van der Waals surface area contributed by atoms with Crippen molar-refractivity contribution in [2.75, 3.05) is 6.54 Å². The molecule has 0 aromatic heterocycles. The van der Waals surface area contributed by atoms with Crippen molar-refractivity contribution in [2.45, 2.75) is 38.8 Å². The second-order valence-electron chi connectivity index (χ2n) is 4.97. The zero-order chi connectivity index (χ0) is 7.15. The van der Waals surface area contributed by atoms with Crippen LogP contribution >= 0.6 is 0 Å². The molecule has 10 heavy (non-hydrogen) atoms. The molecule has 0 aromatic rings. The highest BCUT2D eigenvalue weighted by molar-refractivity contribution is 5.33. The van der Waals surface area contributed by atoms with Gasteiger partial charge in [-0.1, -0.05) is 13.8 Å². The van der Waals surface area contributed by atoms with Crippen molar-refractivity contribution in [3.05, 3.63) is 0 Å². The molecule has 56 valence electrons. The number of hydrogen-bond acceptors (Lipinski definition) is 1. The Bertz CT molecular complexity index is 192. The van der Waals surface area contributed by atoms with Crippen molar-refractivity contribution in [1.82, 2.24) is 4.90 Å². The van der Waals surface area contributed by atoms with Crippen molar-refractivity contribution < 1.29 is 0 Å². The summed E-state index contributed by atoms with van der Waals surface area (Å²) in [6.07, 6.45) is 1.49. The summed E-state index contributed by atoms with van der Waals surface area (Å²) >= 11 is 0. The molecule has 1 heteroatoms. The third-order valence-electron chi connectivity index (χ3n) is 4.80. The van der Waals surface area contributed by atoms with E-state index in [4.69, 9.17) is 0 Å². The van der Waals surface area contributed by atoms with Gasteiger partial charge in [0.1, 0.15) is 0 Å². The average molecular weight is 137 g/mol. The monoisotopic (exact) mass is 137 g/mol. The molecule has 4 bridgehead atoms. The number of nitrogens with zero attached hydrogens (tertiary/aromatic N) is 1. The van der Waals surface area contributed by atoms with Gasteiger partial charge in [-0.2, -0.15) is 0 Å². The van der Waals surface area contributed by atoms with Gasteiger partial charge in [0.15, 0.2) is 0 Å². The van der Waals surface area contributed by atoms with Gasteiger partial charge in [0.05, 0.1) is 0 Å². The fourth-order valence-electron chi connectivity index (χ4n) is 3.52. The Morgan fingerprint density at radius 1 is 1.30 bits per heavy atom. The molecule has 1 nitrogen and oxygen atoms in total. The Morgan fingerprint density at radius 3 is 2.10 bits per heavy atom. The normalized spacial score (nSPS) is 66.9. The van der Waals surface area contributed by atoms with Crippen LogP contribution in [-0.2, 0) is 0 Å². The van der Waals surface area contributed by atoms with Crippen LogP contribution in [0, 0.1) is 11.3 Å². The fraction of sp³-hybridized carbons (Fsp3) is 1.00. The Morgan fingerprint density at radius 2 is 2.00 bits per heavy atom. The Hall–Kier alpha value is -0.0400. The maximum atomic E-state index is 2.69. The van der Waals surface area contributed by atoms with E-state index in [1.807, 2.05) is 0 Å². The molecule has 3 saturated heterocycles. The Labute approximate surface area is 62.4 Å². The first-order chi connectivity index (χ1) is 4.58. The molecule has 4 rings (SSSR count). The predicted molar refractivity (Wildman–Crippen MR) is 40.8 cm³/mol. The van der Waals surface area contributed by atoms with Crippen LogP contribution in [-0.4, -0.2) is 23.0 Å². The largest absolute Gasteiger partial charge is 0.291 e. The minimum atomic E-state index is 0.623. The molecule has 1 saturated carbocycles. The van der Waals surface area contributed by atoms with Crippen molar-refractivity contribution in [3.8, 4) is 0 Å². The average Bonchev–Trinajstić information content (AvgIpc) is 2.30. The minimum Gasteiger partial charge on any atom is -0.291 e. The van der Waals surface area contributed by atoms with Gasteiger partial charge in [-0.3, -0.25) is 4.90 Å². The molecular formula is C9H15N. The van der Waals surface area contributed by atoms with Crippen LogP contribution in [0.4, 0.5) is 0 Å². The zero-order valence-electron chi connectivity index (χ0n) is 7.02. The van der Waals surface area contributed by atoms with Crippen molar-refractivity contribution >= 4 is 0 Å². The first kappa shape index (κ1) is 5.59. The minimum absolute atomic E-state index is 0.623. The summed E-state index contributed by atoms with van der Waals surface area (Å²) < 4.78 is 0. The lowest BCUT2D eigenvalue weighted by Crippen LogP contribution is -2.28. The molecule has 1 aliphatic carbocycles. The van der Waals surface area contributed by atoms with E-state index in [2.05, 4.69) is 25.7 Å². The van der Waals surface area contributed by atoms with E-state index in [-0.39, 0.29) is 0 Å². The lowest BCUT2D eigenvalue weighted by Gasteiger charge is -2.26. The summed E-state index contributed by atoms with van der Waals surface area (Å²) in [7, 11) is 0. The van der Waals surface area contributed by atoms with Crippen LogP contribution in [0.1, 0.15) is 27.2 Å². The van der Waals surface area contributed by atoms with E-state index in [1.54, 1.807) is 0 Å². The number of rotatable bonds is 0. The van der Waals surface area contributed by atoms with E-state index < -0.39 is 0 Å². The van der Waals surface area contributed by atoms with E-state index in [1.165, 1.54) is 13.0 Å². The SMILES string of the molecule is CC1(C)[C@@H]2CC3N(C2)[C@]31C. The van der Waals surface area contributed by atoms with Crippen LogP contribution in [0.5, 0.6) is 0 Å². The van der Waals surface area contributed by atoms with E-state index >= 15 is 0 Å². The van der Waals surface area contributed by atoms with Crippen molar-refractivity contribution in [1.29, 1.82) is 0 Å². The van der Waals surface area contributed by atoms with Gasteiger partial charge in [0.25, 0.3) is 0 Å². The highest BCUT2D eigenvalue weighted by Crippen LogP contribution is 2.71. The summed E-state index contributed by atoms with van der Waals surface area (Å²) in [5, 5.41) is 0. The molecule has 3 aliphatic heterocycles. The van der Waals surface area contributed by atoms with Crippen molar-refractivity contribution in [3.63, 3.8) is 0 Å². The number of piperidine rings is 3. The standard InChI is InChI=1S/C9H15N/c1-8(2)6-4-7-9(8,3)10(7)5-6/h6-7H,4-5H2,1-3H3/t6-,7?,9-,10?/m1/s1. The molecule has 0 amide bonds. The molecule has 4 fully saturated rings. The molecule has 0 radical (unpaired) electrons. The summed E-state index contributed by atoms with van der Waals surface area (Å²) in [4.78, 5) is 2.69. The van der Waals surface area contributed by atoms with Crippen molar-refractivity contribution in [2.24, 2.45) is 11.3 Å². The predicted octanol–water partition coefficient (Wildman–Crippen LogP) is 1.49. The van der Waals surface area contributed by atoms with Crippen LogP contribution in [0.25, 0.3) is 0 Å². The second-order valence-corrected chi connectivity index (χ2v) is 4.97. The maximum absolute atomic E-state index is 2.69. The van der Waals surface area contributed by atoms with Gasteiger partial charge < -0.3 is 0 Å². The van der Waals surface area contributed by atoms with Crippen LogP contribution in [0.2, 0.25) is 0 Å². The topological polar surface area (TPSA) is 3.01 Å². The Kier molecular flexibility index (Phi) is 0.602. The molecule has 3 heterocycles. The first-order valence-corrected chi connectivity index (χ1v) is 4.35. The molecule has 0 N–H and O–H groups in total. The smallest absolute Gasteiger partial charge is 0.0394 e. The van der Waals surface area contributed by atoms with Gasteiger partial charge in [-0.15, -0.1) is 0 Å². The summed E-state index contributed by atoms with van der Waals surface area (Å²) in [6.45, 7) is 8.74. The molecule has 0 aromatic carbocycles. The first-order valence-electron chi connectivity index (χ1n) is 4.35. The van der Waals surface area contributed by atoms with Gasteiger partial charge >= 0.3 is 0 Å². The van der Waals surface area contributed by atoms with Gasteiger partial charge in [-0.25, -0.2) is 0 Å². The van der Waals surface area contributed by atoms with Crippen LogP contribution in [0.15, 0.2) is 0 Å². The maximum Gasteiger partial charge on any atom is 0.0394 e. The molecular weight excluding hydrogens is 122 g/mol. The molecule has 2 unspecified atom stereocenters. The van der Waals surface area contributed by atoms with Gasteiger partial charge in [0.2, 0.25) is 0 Å². The van der Waals surface area contributed by atoms with E-state index in [9.17, 15) is 0 Å². The highest BCUT2D eigenvalue weighted by atomic mass is 15.5. The van der Waals surface area contributed by atoms with E-state index in [0.717, 1.165) is 12.0 Å². The van der Waals surface area contributed by atoms with E-state index in [0.29, 0.717) is 11.0 Å². The molecule has 4 atom stereocenters. The van der Waals surface area contributed by atoms with Gasteiger partial charge in [0, 0.05) is 18.1 Å². The molecule has 4 aliphatic rings. The number of hydrogen-bond donors (Lipinski definition) is 0. The van der Waals surface area contributed by atoms with Crippen LogP contribution in [0.3, 0.4) is 0 Å². The third-order valence-corrected chi connectivity index (χ3v) is 4.80. The Balaban J connectivity index is 2.17. The fourth-order valence-corrected chi connectivity index (χ4v) is 3.52. The lowest BCUT2D eigenvalue weighted by molar-refractivity contribution is 0.248. The summed E-state index contributed by atoms with van der Waals surface area (Å²) in [5.74, 6) is 1.02. The third kappa shape index (κ3) is 0.282. The summed E-state index contributed by atoms with van der Waals surface area (Å²) in [5.41, 5.74) is 1.25. The summed E-state index contributed by atoms with van der Waals surface area (Å²) in [6, 6.07) is 0.979. The second kappa shape index (κ2) is 1.08. The van der Waals surface area contributed by atoms with Crippen LogP contribution < -0.4 is 0 Å². The highest BCUT2D eigenvalue weighted by Gasteiger charge is 2.79. The molecule has 0 spiro atoms.